The van der Waals surface area contributed by atoms with Gasteiger partial charge in [0, 0.05) is 19.3 Å². The van der Waals surface area contributed by atoms with Crippen LogP contribution >= 0.6 is 22.7 Å². The molecule has 112 valence electrons. The molecule has 4 aromatic rings. The molecule has 4 heterocycles. The van der Waals surface area contributed by atoms with Crippen LogP contribution in [0.4, 0.5) is 0 Å². The highest BCUT2D eigenvalue weighted by atomic mass is 32.1. The molecule has 0 atom stereocenters. The SMILES string of the molecule is Cn1c(-c2nc3c(O)cn(C4CC4)c3s2)c(O)c2ncsc21. The molecule has 1 saturated carbocycles. The zero-order chi connectivity index (χ0) is 15.0. The Morgan fingerprint density at radius 2 is 2.05 bits per heavy atom. The van der Waals surface area contributed by atoms with Crippen LogP contribution in [0, 0.1) is 0 Å². The molecule has 5 rings (SSSR count). The third kappa shape index (κ3) is 1.48. The Balaban J connectivity index is 1.78. The molecule has 0 unspecified atom stereocenters. The van der Waals surface area contributed by atoms with Gasteiger partial charge in [-0.25, -0.2) is 9.97 Å². The lowest BCUT2D eigenvalue weighted by Crippen LogP contribution is -1.90. The van der Waals surface area contributed by atoms with Crippen molar-refractivity contribution in [2.24, 2.45) is 7.05 Å². The second kappa shape index (κ2) is 4.02. The summed E-state index contributed by atoms with van der Waals surface area (Å²) in [5.74, 6) is 0.366. The quantitative estimate of drug-likeness (QED) is 0.589. The van der Waals surface area contributed by atoms with Crippen LogP contribution in [0.2, 0.25) is 0 Å². The van der Waals surface area contributed by atoms with E-state index in [9.17, 15) is 10.2 Å². The van der Waals surface area contributed by atoms with Crippen LogP contribution in [0.15, 0.2) is 11.7 Å². The number of hydrogen-bond acceptors (Lipinski definition) is 6. The Labute approximate surface area is 132 Å². The van der Waals surface area contributed by atoms with Gasteiger partial charge in [0.2, 0.25) is 0 Å². The van der Waals surface area contributed by atoms with E-state index in [1.807, 2.05) is 11.6 Å². The molecule has 1 aliphatic carbocycles. The molecule has 0 saturated heterocycles. The van der Waals surface area contributed by atoms with E-state index in [2.05, 4.69) is 14.5 Å². The summed E-state index contributed by atoms with van der Waals surface area (Å²) in [6.45, 7) is 0. The Morgan fingerprint density at radius 1 is 1.23 bits per heavy atom. The third-order valence-electron chi connectivity index (χ3n) is 4.13. The van der Waals surface area contributed by atoms with E-state index in [1.165, 1.54) is 22.7 Å². The van der Waals surface area contributed by atoms with Crippen LogP contribution in [0.5, 0.6) is 11.5 Å². The first-order valence-corrected chi connectivity index (χ1v) is 8.66. The molecule has 22 heavy (non-hydrogen) atoms. The van der Waals surface area contributed by atoms with Crippen molar-refractivity contribution in [2.45, 2.75) is 18.9 Å². The summed E-state index contributed by atoms with van der Waals surface area (Å²) in [5, 5.41) is 21.3. The van der Waals surface area contributed by atoms with Gasteiger partial charge in [-0.15, -0.1) is 11.3 Å². The van der Waals surface area contributed by atoms with Crippen LogP contribution < -0.4 is 0 Å². The van der Waals surface area contributed by atoms with E-state index in [0.29, 0.717) is 27.8 Å². The number of nitrogens with zero attached hydrogens (tertiary/aromatic N) is 4. The van der Waals surface area contributed by atoms with Gasteiger partial charge in [-0.2, -0.15) is 0 Å². The fourth-order valence-electron chi connectivity index (χ4n) is 2.89. The molecule has 0 bridgehead atoms. The lowest BCUT2D eigenvalue weighted by atomic mass is 10.4. The Hall–Kier alpha value is -2.06. The van der Waals surface area contributed by atoms with Crippen molar-refractivity contribution in [3.63, 3.8) is 0 Å². The van der Waals surface area contributed by atoms with E-state index in [1.54, 1.807) is 11.7 Å². The molecule has 6 nitrogen and oxygen atoms in total. The smallest absolute Gasteiger partial charge is 0.171 e. The minimum Gasteiger partial charge on any atom is -0.504 e. The minimum absolute atomic E-state index is 0.160. The van der Waals surface area contributed by atoms with E-state index in [4.69, 9.17) is 0 Å². The number of aromatic hydroxyl groups is 2. The highest BCUT2D eigenvalue weighted by Crippen LogP contribution is 2.46. The van der Waals surface area contributed by atoms with Crippen molar-refractivity contribution in [3.8, 4) is 22.2 Å². The van der Waals surface area contributed by atoms with Gasteiger partial charge >= 0.3 is 0 Å². The van der Waals surface area contributed by atoms with E-state index < -0.39 is 0 Å². The number of hydrogen-bond donors (Lipinski definition) is 2. The lowest BCUT2D eigenvalue weighted by Gasteiger charge is -2.01. The molecule has 0 radical (unpaired) electrons. The van der Waals surface area contributed by atoms with E-state index in [0.717, 1.165) is 22.5 Å². The van der Waals surface area contributed by atoms with Crippen molar-refractivity contribution in [2.75, 3.05) is 0 Å². The van der Waals surface area contributed by atoms with Crippen molar-refractivity contribution in [3.05, 3.63) is 11.7 Å². The largest absolute Gasteiger partial charge is 0.504 e. The molecule has 8 heteroatoms. The summed E-state index contributed by atoms with van der Waals surface area (Å²) in [5.41, 5.74) is 3.61. The van der Waals surface area contributed by atoms with Gasteiger partial charge in [0.15, 0.2) is 11.5 Å². The van der Waals surface area contributed by atoms with Gasteiger partial charge in [0.25, 0.3) is 0 Å². The van der Waals surface area contributed by atoms with Gasteiger partial charge in [-0.3, -0.25) is 0 Å². The van der Waals surface area contributed by atoms with Gasteiger partial charge in [-0.1, -0.05) is 11.3 Å². The van der Waals surface area contributed by atoms with E-state index in [-0.39, 0.29) is 11.5 Å². The molecular formula is C14H12N4O2S2. The number of aromatic nitrogens is 4. The molecular weight excluding hydrogens is 320 g/mol. The fourth-order valence-corrected chi connectivity index (χ4v) is 4.86. The van der Waals surface area contributed by atoms with Gasteiger partial charge < -0.3 is 19.3 Å². The van der Waals surface area contributed by atoms with Crippen molar-refractivity contribution in [1.82, 2.24) is 19.1 Å². The summed E-state index contributed by atoms with van der Waals surface area (Å²) in [6.07, 6.45) is 4.05. The summed E-state index contributed by atoms with van der Waals surface area (Å²) >= 11 is 2.99. The molecule has 0 aliphatic heterocycles. The summed E-state index contributed by atoms with van der Waals surface area (Å²) in [4.78, 5) is 10.6. The number of thiazole rings is 2. The number of aryl methyl sites for hydroxylation is 1. The first kappa shape index (κ1) is 12.5. The van der Waals surface area contributed by atoms with Crippen LogP contribution in [-0.4, -0.2) is 29.3 Å². The molecule has 2 N–H and O–H groups in total. The number of rotatable bonds is 2. The molecule has 0 spiro atoms. The monoisotopic (exact) mass is 332 g/mol. The Morgan fingerprint density at radius 3 is 2.77 bits per heavy atom. The Kier molecular flexibility index (Phi) is 2.28. The highest BCUT2D eigenvalue weighted by Gasteiger charge is 2.29. The maximum atomic E-state index is 10.5. The maximum Gasteiger partial charge on any atom is 0.171 e. The standard InChI is InChI=1S/C14H12N4O2S2/c1-17-10(11(20)9-13(17)21-5-15-9)12-16-8-7(19)4-18(6-2-3-6)14(8)22-12/h4-6,19-20H,2-3H2,1H3. The molecule has 0 aromatic carbocycles. The summed E-state index contributed by atoms with van der Waals surface area (Å²) < 4.78 is 4.02. The van der Waals surface area contributed by atoms with E-state index >= 15 is 0 Å². The van der Waals surface area contributed by atoms with Crippen LogP contribution in [0.1, 0.15) is 18.9 Å². The number of fused-ring (bicyclic) bond motifs is 2. The topological polar surface area (TPSA) is 76.1 Å². The highest BCUT2D eigenvalue weighted by molar-refractivity contribution is 7.21. The zero-order valence-electron chi connectivity index (χ0n) is 11.6. The summed E-state index contributed by atoms with van der Waals surface area (Å²) in [7, 11) is 1.90. The Bertz CT molecular complexity index is 1000. The van der Waals surface area contributed by atoms with Gasteiger partial charge in [0.05, 0.1) is 5.51 Å². The first-order chi connectivity index (χ1) is 10.6. The van der Waals surface area contributed by atoms with Crippen molar-refractivity contribution in [1.29, 1.82) is 0 Å². The molecule has 1 aliphatic rings. The minimum atomic E-state index is 0.160. The van der Waals surface area contributed by atoms with Gasteiger partial charge in [-0.05, 0) is 12.8 Å². The van der Waals surface area contributed by atoms with Crippen molar-refractivity contribution >= 4 is 43.4 Å². The van der Waals surface area contributed by atoms with Crippen LogP contribution in [-0.2, 0) is 7.05 Å². The van der Waals surface area contributed by atoms with Crippen LogP contribution in [0.3, 0.4) is 0 Å². The molecule has 1 fully saturated rings. The summed E-state index contributed by atoms with van der Waals surface area (Å²) in [6, 6.07) is 0.476. The van der Waals surface area contributed by atoms with Crippen molar-refractivity contribution < 1.29 is 10.2 Å². The lowest BCUT2D eigenvalue weighted by molar-refractivity contribution is 0.476. The van der Waals surface area contributed by atoms with Crippen LogP contribution in [0.25, 0.3) is 31.4 Å². The predicted molar refractivity (Wildman–Crippen MR) is 86.8 cm³/mol. The van der Waals surface area contributed by atoms with Gasteiger partial charge in [0.1, 0.15) is 31.4 Å². The fraction of sp³-hybridized carbons (Fsp3) is 0.286. The third-order valence-corrected chi connectivity index (χ3v) is 6.10. The average molecular weight is 332 g/mol. The molecule has 0 amide bonds. The average Bonchev–Trinajstić information content (AvgIpc) is 2.86. The zero-order valence-corrected chi connectivity index (χ0v) is 13.3. The molecule has 4 aromatic heterocycles. The normalized spacial score (nSPS) is 15.3. The predicted octanol–water partition coefficient (Wildman–Crippen LogP) is 3.46. The first-order valence-electron chi connectivity index (χ1n) is 6.96. The second-order valence-electron chi connectivity index (χ2n) is 5.59. The maximum absolute atomic E-state index is 10.5. The second-order valence-corrected chi connectivity index (χ2v) is 7.40.